The molecule has 0 radical (unpaired) electrons. The first-order chi connectivity index (χ1) is 12.1. The van der Waals surface area contributed by atoms with E-state index in [1.54, 1.807) is 34.4 Å². The number of aromatic nitrogens is 1. The summed E-state index contributed by atoms with van der Waals surface area (Å²) in [5.74, 6) is -0.204. The molecule has 3 rings (SSSR count). The van der Waals surface area contributed by atoms with Crippen LogP contribution in [0.25, 0.3) is 21.1 Å². The maximum atomic E-state index is 12.0. The van der Waals surface area contributed by atoms with Crippen LogP contribution in [0.5, 0.6) is 0 Å². The number of hydrogen-bond donors (Lipinski definition) is 0. The fourth-order valence-electron chi connectivity index (χ4n) is 2.43. The van der Waals surface area contributed by atoms with E-state index in [1.807, 2.05) is 6.92 Å². The van der Waals surface area contributed by atoms with Gasteiger partial charge >= 0.3 is 5.97 Å². The number of nitrogens with zero attached hydrogens (tertiary/aromatic N) is 1. The van der Waals surface area contributed by atoms with E-state index in [4.69, 9.17) is 9.72 Å². The Morgan fingerprint density at radius 2 is 1.92 bits per heavy atom. The van der Waals surface area contributed by atoms with Crippen molar-refractivity contribution < 1.29 is 9.53 Å². The van der Waals surface area contributed by atoms with Crippen LogP contribution in [-0.4, -0.2) is 23.8 Å². The molecule has 0 aliphatic carbocycles. The lowest BCUT2D eigenvalue weighted by atomic mass is 10.2. The van der Waals surface area contributed by atoms with Gasteiger partial charge in [-0.2, -0.15) is 0 Å². The average molecular weight is 390 g/mol. The van der Waals surface area contributed by atoms with Gasteiger partial charge in [0.15, 0.2) is 0 Å². The fraction of sp³-hybridized carbons (Fsp3) is 0.263. The number of carbonyl (C=O) groups excluding carboxylic acids is 1. The van der Waals surface area contributed by atoms with E-state index >= 15 is 0 Å². The molecule has 3 aromatic rings. The number of hydrogen-bond acceptors (Lipinski definition) is 6. The normalized spacial score (nSPS) is 10.8. The van der Waals surface area contributed by atoms with Gasteiger partial charge in [0.1, 0.15) is 5.01 Å². The van der Waals surface area contributed by atoms with Crippen molar-refractivity contribution in [3.63, 3.8) is 0 Å². The van der Waals surface area contributed by atoms with Gasteiger partial charge in [0.25, 0.3) is 0 Å². The zero-order chi connectivity index (χ0) is 17.8. The second kappa shape index (κ2) is 8.17. The van der Waals surface area contributed by atoms with Gasteiger partial charge in [0.05, 0.1) is 23.6 Å². The van der Waals surface area contributed by atoms with Crippen molar-refractivity contribution >= 4 is 40.4 Å². The molecule has 0 atom stereocenters. The minimum atomic E-state index is -0.204. The summed E-state index contributed by atoms with van der Waals surface area (Å²) in [6, 6.07) is 12.5. The number of carbonyl (C=O) groups is 1. The minimum absolute atomic E-state index is 0.204. The van der Waals surface area contributed by atoms with E-state index < -0.39 is 0 Å². The van der Waals surface area contributed by atoms with Gasteiger partial charge in [0.2, 0.25) is 0 Å². The number of thiophene rings is 1. The third-order valence-corrected chi connectivity index (χ3v) is 6.47. The molecule has 0 N–H and O–H groups in total. The average Bonchev–Trinajstić information content (AvgIpc) is 3.21. The molecule has 2 heterocycles. The third-order valence-electron chi connectivity index (χ3n) is 3.62. The monoisotopic (exact) mass is 389 g/mol. The summed E-state index contributed by atoms with van der Waals surface area (Å²) in [6.07, 6.45) is 2.33. The van der Waals surface area contributed by atoms with Gasteiger partial charge in [-0.3, -0.25) is 4.79 Å². The highest BCUT2D eigenvalue weighted by Gasteiger charge is 2.18. The van der Waals surface area contributed by atoms with E-state index in [1.165, 1.54) is 9.77 Å². The van der Waals surface area contributed by atoms with Crippen molar-refractivity contribution in [2.75, 3.05) is 12.9 Å². The lowest BCUT2D eigenvalue weighted by Crippen LogP contribution is -2.06. The molecule has 0 unspecified atom stereocenters. The standard InChI is InChI=1S/C19H19NO2S3/c1-4-22-17(21)11-16-18(15-10-5-12(2)24-15)20-19(25-16)13-6-8-14(23-3)9-7-13/h5-10H,4,11H2,1-3H3. The first-order valence-corrected chi connectivity index (χ1v) is 10.8. The molecule has 130 valence electrons. The zero-order valence-corrected chi connectivity index (χ0v) is 16.8. The largest absolute Gasteiger partial charge is 0.466 e. The predicted molar refractivity (Wildman–Crippen MR) is 108 cm³/mol. The van der Waals surface area contributed by atoms with Crippen LogP contribution < -0.4 is 0 Å². The van der Waals surface area contributed by atoms with E-state index in [0.717, 1.165) is 26.0 Å². The molecule has 0 aliphatic rings. The minimum Gasteiger partial charge on any atom is -0.466 e. The summed E-state index contributed by atoms with van der Waals surface area (Å²) in [6.45, 7) is 4.30. The zero-order valence-electron chi connectivity index (χ0n) is 14.4. The van der Waals surface area contributed by atoms with Crippen molar-refractivity contribution in [3.8, 4) is 21.1 Å². The maximum Gasteiger partial charge on any atom is 0.311 e. The van der Waals surface area contributed by atoms with Gasteiger partial charge < -0.3 is 4.74 Å². The molecule has 0 amide bonds. The predicted octanol–water partition coefficient (Wildman–Crippen LogP) is 5.67. The summed E-state index contributed by atoms with van der Waals surface area (Å²) in [5, 5.41) is 0.938. The fourth-order valence-corrected chi connectivity index (χ4v) is 4.85. The number of esters is 1. The van der Waals surface area contributed by atoms with Gasteiger partial charge in [-0.1, -0.05) is 12.1 Å². The second-order valence-electron chi connectivity index (χ2n) is 5.41. The van der Waals surface area contributed by atoms with Gasteiger partial charge in [-0.15, -0.1) is 34.4 Å². The Morgan fingerprint density at radius 1 is 1.16 bits per heavy atom. The highest BCUT2D eigenvalue weighted by atomic mass is 32.2. The van der Waals surface area contributed by atoms with Crippen LogP contribution in [0.2, 0.25) is 0 Å². The number of aryl methyl sites for hydroxylation is 1. The Balaban J connectivity index is 1.99. The quantitative estimate of drug-likeness (QED) is 0.402. The molecule has 6 heteroatoms. The smallest absolute Gasteiger partial charge is 0.311 e. The molecule has 0 saturated carbocycles. The Hall–Kier alpha value is -1.63. The van der Waals surface area contributed by atoms with Crippen molar-refractivity contribution in [2.45, 2.75) is 25.2 Å². The van der Waals surface area contributed by atoms with E-state index in [9.17, 15) is 4.79 Å². The van der Waals surface area contributed by atoms with Crippen LogP contribution >= 0.6 is 34.4 Å². The second-order valence-corrected chi connectivity index (χ2v) is 8.66. The van der Waals surface area contributed by atoms with E-state index in [-0.39, 0.29) is 12.4 Å². The topological polar surface area (TPSA) is 39.2 Å². The SMILES string of the molecule is CCOC(=O)Cc1sc(-c2ccc(SC)cc2)nc1-c1ccc(C)s1. The first kappa shape index (κ1) is 18.2. The van der Waals surface area contributed by atoms with Crippen LogP contribution in [0.1, 0.15) is 16.7 Å². The molecule has 0 bridgehead atoms. The Bertz CT molecular complexity index is 865. The summed E-state index contributed by atoms with van der Waals surface area (Å²) in [4.78, 5) is 21.4. The van der Waals surface area contributed by atoms with Crippen molar-refractivity contribution in [1.29, 1.82) is 0 Å². The van der Waals surface area contributed by atoms with Gasteiger partial charge in [0, 0.05) is 20.2 Å². The van der Waals surface area contributed by atoms with Crippen LogP contribution in [0.3, 0.4) is 0 Å². The first-order valence-electron chi connectivity index (χ1n) is 7.97. The Labute approximate surface area is 160 Å². The number of benzene rings is 1. The summed E-state index contributed by atoms with van der Waals surface area (Å²) in [7, 11) is 0. The van der Waals surface area contributed by atoms with Gasteiger partial charge in [-0.05, 0) is 44.4 Å². The molecule has 2 aromatic heterocycles. The lowest BCUT2D eigenvalue weighted by Gasteiger charge is -2.01. The van der Waals surface area contributed by atoms with Gasteiger partial charge in [-0.25, -0.2) is 4.98 Å². The number of thioether (sulfide) groups is 1. The molecular formula is C19H19NO2S3. The molecule has 1 aromatic carbocycles. The third kappa shape index (κ3) is 4.32. The molecular weight excluding hydrogens is 370 g/mol. The molecule has 3 nitrogen and oxygen atoms in total. The van der Waals surface area contributed by atoms with Crippen LogP contribution in [0, 0.1) is 6.92 Å². The van der Waals surface area contributed by atoms with Crippen molar-refractivity contribution in [2.24, 2.45) is 0 Å². The maximum absolute atomic E-state index is 12.0. The number of thiazole rings is 1. The molecule has 0 aliphatic heterocycles. The summed E-state index contributed by atoms with van der Waals surface area (Å²) in [5.41, 5.74) is 1.98. The van der Waals surface area contributed by atoms with Crippen LogP contribution in [-0.2, 0) is 16.0 Å². The lowest BCUT2D eigenvalue weighted by molar-refractivity contribution is -0.142. The van der Waals surface area contributed by atoms with Crippen molar-refractivity contribution in [1.82, 2.24) is 4.98 Å². The summed E-state index contributed by atoms with van der Waals surface area (Å²) >= 11 is 4.99. The van der Waals surface area contributed by atoms with Crippen molar-refractivity contribution in [3.05, 3.63) is 46.2 Å². The summed E-state index contributed by atoms with van der Waals surface area (Å²) < 4.78 is 5.13. The molecule has 0 fully saturated rings. The molecule has 0 spiro atoms. The van der Waals surface area contributed by atoms with Crippen LogP contribution in [0.15, 0.2) is 41.3 Å². The molecule has 25 heavy (non-hydrogen) atoms. The Morgan fingerprint density at radius 3 is 2.52 bits per heavy atom. The van der Waals surface area contributed by atoms with E-state index in [0.29, 0.717) is 6.61 Å². The highest BCUT2D eigenvalue weighted by Crippen LogP contribution is 2.37. The molecule has 0 saturated heterocycles. The number of rotatable bonds is 6. The Kier molecular flexibility index (Phi) is 5.93. The highest BCUT2D eigenvalue weighted by molar-refractivity contribution is 7.98. The van der Waals surface area contributed by atoms with Crippen LogP contribution in [0.4, 0.5) is 0 Å². The number of ether oxygens (including phenoxy) is 1. The van der Waals surface area contributed by atoms with E-state index in [2.05, 4.69) is 49.6 Å².